The summed E-state index contributed by atoms with van der Waals surface area (Å²) in [5.41, 5.74) is 3.38. The van der Waals surface area contributed by atoms with Crippen LogP contribution in [0.3, 0.4) is 0 Å². The number of phenols is 1. The van der Waals surface area contributed by atoms with Crippen molar-refractivity contribution in [2.75, 3.05) is 0 Å². The number of carbonyl (C=O) groups excluding carboxylic acids is 1. The molecule has 90 valence electrons. The molecule has 0 radical (unpaired) electrons. The molecule has 0 saturated carbocycles. The number of nitrogens with one attached hydrogen (secondary N) is 1. The van der Waals surface area contributed by atoms with Gasteiger partial charge in [-0.15, -0.1) is 0 Å². The van der Waals surface area contributed by atoms with Crippen LogP contribution in [0.15, 0.2) is 40.8 Å². The summed E-state index contributed by atoms with van der Waals surface area (Å²) in [6, 6.07) is 10.3. The minimum Gasteiger partial charge on any atom is -0.507 e. The zero-order valence-electron chi connectivity index (χ0n) is 9.31. The Morgan fingerprint density at radius 2 is 2.00 bits per heavy atom. The normalized spacial score (nSPS) is 10.9. The van der Waals surface area contributed by atoms with Gasteiger partial charge in [-0.3, -0.25) is 10.2 Å². The highest BCUT2D eigenvalue weighted by Gasteiger charge is 2.14. The number of para-hydroxylation sites is 1. The minimum absolute atomic E-state index is 0.00366. The molecule has 0 fully saturated rings. The smallest absolute Gasteiger partial charge is 0.265 e. The summed E-state index contributed by atoms with van der Waals surface area (Å²) in [6.07, 6.45) is 0. The number of hydrogen-bond acceptors (Lipinski definition) is 4. The van der Waals surface area contributed by atoms with Crippen LogP contribution in [0.25, 0.3) is 21.9 Å². The van der Waals surface area contributed by atoms with Gasteiger partial charge in [0, 0.05) is 10.9 Å². The Hall–Kier alpha value is -2.53. The summed E-state index contributed by atoms with van der Waals surface area (Å²) < 4.78 is 5.59. The number of rotatable bonds is 1. The van der Waals surface area contributed by atoms with Gasteiger partial charge in [-0.2, -0.15) is 0 Å². The van der Waals surface area contributed by atoms with Gasteiger partial charge in [0.1, 0.15) is 16.9 Å². The molecule has 1 heterocycles. The molecular formula is C13H10N2O3. The lowest BCUT2D eigenvalue weighted by molar-refractivity contribution is 0.0953. The van der Waals surface area contributed by atoms with Crippen molar-refractivity contribution in [3.63, 3.8) is 0 Å². The number of nitrogen functional groups attached to an aromatic ring is 1. The maximum atomic E-state index is 11.4. The molecule has 5 heteroatoms. The summed E-state index contributed by atoms with van der Waals surface area (Å²) in [6.45, 7) is 0. The maximum absolute atomic E-state index is 11.4. The number of furan rings is 1. The molecule has 2 aromatic carbocycles. The van der Waals surface area contributed by atoms with E-state index in [1.807, 2.05) is 23.6 Å². The standard InChI is InChI=1S/C13H10N2O3/c14-15-13(17)7-5-9(16)12-8-3-1-2-4-10(8)18-11(12)6-7/h1-6,16H,14H2,(H,15,17). The van der Waals surface area contributed by atoms with Crippen LogP contribution in [0.4, 0.5) is 0 Å². The zero-order valence-corrected chi connectivity index (χ0v) is 9.31. The fourth-order valence-electron chi connectivity index (χ4n) is 2.05. The lowest BCUT2D eigenvalue weighted by Crippen LogP contribution is -2.29. The average molecular weight is 242 g/mol. The first kappa shape index (κ1) is 10.6. The molecule has 0 aliphatic heterocycles. The van der Waals surface area contributed by atoms with E-state index in [2.05, 4.69) is 0 Å². The predicted octanol–water partition coefficient (Wildman–Crippen LogP) is 1.90. The van der Waals surface area contributed by atoms with Crippen LogP contribution >= 0.6 is 0 Å². The molecule has 0 saturated heterocycles. The molecule has 0 spiro atoms. The Balaban J connectivity index is 2.38. The minimum atomic E-state index is -0.479. The van der Waals surface area contributed by atoms with Gasteiger partial charge in [-0.1, -0.05) is 18.2 Å². The van der Waals surface area contributed by atoms with Gasteiger partial charge in [0.05, 0.1) is 5.39 Å². The van der Waals surface area contributed by atoms with Gasteiger partial charge < -0.3 is 9.52 Å². The molecule has 3 rings (SSSR count). The van der Waals surface area contributed by atoms with E-state index in [0.717, 1.165) is 5.39 Å². The topological polar surface area (TPSA) is 88.5 Å². The van der Waals surface area contributed by atoms with E-state index < -0.39 is 5.91 Å². The van der Waals surface area contributed by atoms with Crippen LogP contribution in [0.1, 0.15) is 10.4 Å². The Kier molecular flexibility index (Phi) is 2.21. The third-order valence-corrected chi connectivity index (χ3v) is 2.85. The van der Waals surface area contributed by atoms with Crippen LogP contribution in [-0.4, -0.2) is 11.0 Å². The van der Waals surface area contributed by atoms with Crippen molar-refractivity contribution in [1.82, 2.24) is 5.43 Å². The van der Waals surface area contributed by atoms with Crippen molar-refractivity contribution in [1.29, 1.82) is 0 Å². The molecule has 0 aliphatic rings. The first-order valence-electron chi connectivity index (χ1n) is 5.36. The van der Waals surface area contributed by atoms with Crippen molar-refractivity contribution in [2.24, 2.45) is 5.84 Å². The summed E-state index contributed by atoms with van der Waals surface area (Å²) in [5.74, 6) is 4.58. The van der Waals surface area contributed by atoms with Gasteiger partial charge in [0.15, 0.2) is 0 Å². The Morgan fingerprint density at radius 1 is 1.22 bits per heavy atom. The number of aromatic hydroxyl groups is 1. The van der Waals surface area contributed by atoms with E-state index in [1.54, 1.807) is 12.1 Å². The molecule has 1 amide bonds. The van der Waals surface area contributed by atoms with Crippen molar-refractivity contribution >= 4 is 27.8 Å². The maximum Gasteiger partial charge on any atom is 0.265 e. The number of hydrazine groups is 1. The number of benzene rings is 2. The Labute approximate surface area is 102 Å². The van der Waals surface area contributed by atoms with Crippen molar-refractivity contribution in [3.05, 3.63) is 42.0 Å². The average Bonchev–Trinajstić information content (AvgIpc) is 2.76. The monoisotopic (exact) mass is 242 g/mol. The summed E-state index contributed by atoms with van der Waals surface area (Å²) in [4.78, 5) is 11.4. The number of phenolic OH excluding ortho intramolecular Hbond substituents is 1. The second-order valence-electron chi connectivity index (χ2n) is 3.94. The van der Waals surface area contributed by atoms with Crippen LogP contribution in [-0.2, 0) is 0 Å². The van der Waals surface area contributed by atoms with E-state index in [9.17, 15) is 9.90 Å². The number of nitrogens with two attached hydrogens (primary N) is 1. The van der Waals surface area contributed by atoms with E-state index in [1.165, 1.54) is 6.07 Å². The molecule has 0 aliphatic carbocycles. The third kappa shape index (κ3) is 1.42. The Bertz CT molecular complexity index is 761. The van der Waals surface area contributed by atoms with Crippen molar-refractivity contribution < 1.29 is 14.3 Å². The number of fused-ring (bicyclic) bond motifs is 3. The van der Waals surface area contributed by atoms with E-state index in [4.69, 9.17) is 10.3 Å². The molecule has 3 aromatic rings. The third-order valence-electron chi connectivity index (χ3n) is 2.85. The van der Waals surface area contributed by atoms with Crippen LogP contribution in [0.2, 0.25) is 0 Å². The van der Waals surface area contributed by atoms with Gasteiger partial charge in [0.25, 0.3) is 5.91 Å². The largest absolute Gasteiger partial charge is 0.507 e. The summed E-state index contributed by atoms with van der Waals surface area (Å²) in [5, 5.41) is 11.4. The summed E-state index contributed by atoms with van der Waals surface area (Å²) >= 11 is 0. The highest BCUT2D eigenvalue weighted by molar-refractivity contribution is 6.10. The van der Waals surface area contributed by atoms with Crippen LogP contribution < -0.4 is 11.3 Å². The van der Waals surface area contributed by atoms with Gasteiger partial charge >= 0.3 is 0 Å². The van der Waals surface area contributed by atoms with Crippen molar-refractivity contribution in [2.45, 2.75) is 0 Å². The van der Waals surface area contributed by atoms with Gasteiger partial charge in [-0.25, -0.2) is 5.84 Å². The molecule has 0 bridgehead atoms. The number of hydrogen-bond donors (Lipinski definition) is 3. The fourth-order valence-corrected chi connectivity index (χ4v) is 2.05. The van der Waals surface area contributed by atoms with Gasteiger partial charge in [-0.05, 0) is 18.2 Å². The van der Waals surface area contributed by atoms with Crippen LogP contribution in [0.5, 0.6) is 5.75 Å². The molecular weight excluding hydrogens is 232 g/mol. The molecule has 0 atom stereocenters. The van der Waals surface area contributed by atoms with E-state index in [-0.39, 0.29) is 11.3 Å². The highest BCUT2D eigenvalue weighted by Crippen LogP contribution is 2.35. The van der Waals surface area contributed by atoms with Crippen molar-refractivity contribution in [3.8, 4) is 5.75 Å². The number of carbonyl (C=O) groups is 1. The predicted molar refractivity (Wildman–Crippen MR) is 67.0 cm³/mol. The molecule has 18 heavy (non-hydrogen) atoms. The SMILES string of the molecule is NNC(=O)c1cc(O)c2c(c1)oc1ccccc12. The lowest BCUT2D eigenvalue weighted by atomic mass is 10.1. The fraction of sp³-hybridized carbons (Fsp3) is 0. The lowest BCUT2D eigenvalue weighted by Gasteiger charge is -2.01. The highest BCUT2D eigenvalue weighted by atomic mass is 16.3. The van der Waals surface area contributed by atoms with E-state index >= 15 is 0 Å². The summed E-state index contributed by atoms with van der Waals surface area (Å²) in [7, 11) is 0. The Morgan fingerprint density at radius 3 is 2.78 bits per heavy atom. The first-order chi connectivity index (χ1) is 8.70. The quantitative estimate of drug-likeness (QED) is 0.345. The van der Waals surface area contributed by atoms with Gasteiger partial charge in [0.2, 0.25) is 0 Å². The number of amides is 1. The molecule has 0 unspecified atom stereocenters. The molecule has 4 N–H and O–H groups in total. The zero-order chi connectivity index (χ0) is 12.7. The van der Waals surface area contributed by atoms with Crippen LogP contribution in [0, 0.1) is 0 Å². The first-order valence-corrected chi connectivity index (χ1v) is 5.36. The second-order valence-corrected chi connectivity index (χ2v) is 3.94. The van der Waals surface area contributed by atoms with E-state index in [0.29, 0.717) is 16.6 Å². The molecule has 1 aromatic heterocycles. The second kappa shape index (κ2) is 3.75. The molecule has 5 nitrogen and oxygen atoms in total.